The SMILES string of the molecule is CCN(c1cccc(C)c1)c1nccc(N(Cc2ccccc2)C(C)C)n1. The molecule has 0 aliphatic heterocycles. The first-order valence-electron chi connectivity index (χ1n) is 9.56. The minimum absolute atomic E-state index is 0.335. The van der Waals surface area contributed by atoms with Crippen molar-refractivity contribution in [1.29, 1.82) is 0 Å². The van der Waals surface area contributed by atoms with Crippen molar-refractivity contribution in [2.75, 3.05) is 16.3 Å². The van der Waals surface area contributed by atoms with Crippen LogP contribution in [0.3, 0.4) is 0 Å². The van der Waals surface area contributed by atoms with Crippen LogP contribution in [-0.4, -0.2) is 22.6 Å². The molecule has 27 heavy (non-hydrogen) atoms. The number of benzene rings is 2. The maximum absolute atomic E-state index is 4.91. The topological polar surface area (TPSA) is 32.3 Å². The van der Waals surface area contributed by atoms with Crippen molar-refractivity contribution in [3.05, 3.63) is 78.0 Å². The Morgan fingerprint density at radius 2 is 1.74 bits per heavy atom. The summed E-state index contributed by atoms with van der Waals surface area (Å²) in [6.45, 7) is 10.3. The molecule has 3 rings (SSSR count). The zero-order valence-corrected chi connectivity index (χ0v) is 16.6. The quantitative estimate of drug-likeness (QED) is 0.568. The molecule has 1 aromatic heterocycles. The van der Waals surface area contributed by atoms with Crippen LogP contribution in [0.2, 0.25) is 0 Å². The molecule has 0 unspecified atom stereocenters. The summed E-state index contributed by atoms with van der Waals surface area (Å²) in [5.41, 5.74) is 3.63. The Bertz CT molecular complexity index is 861. The van der Waals surface area contributed by atoms with Crippen LogP contribution in [0.4, 0.5) is 17.5 Å². The average Bonchev–Trinajstić information content (AvgIpc) is 2.68. The van der Waals surface area contributed by atoms with Crippen LogP contribution < -0.4 is 9.80 Å². The van der Waals surface area contributed by atoms with Crippen molar-refractivity contribution in [3.8, 4) is 0 Å². The molecule has 140 valence electrons. The van der Waals surface area contributed by atoms with Gasteiger partial charge in [0.2, 0.25) is 5.95 Å². The number of anilines is 3. The molecular formula is C23H28N4. The number of hydrogen-bond acceptors (Lipinski definition) is 4. The van der Waals surface area contributed by atoms with Crippen LogP contribution in [0.5, 0.6) is 0 Å². The van der Waals surface area contributed by atoms with Crippen LogP contribution in [0.25, 0.3) is 0 Å². The molecule has 0 N–H and O–H groups in total. The highest BCUT2D eigenvalue weighted by Gasteiger charge is 2.16. The van der Waals surface area contributed by atoms with E-state index < -0.39 is 0 Å². The Hall–Kier alpha value is -2.88. The van der Waals surface area contributed by atoms with Gasteiger partial charge in [0.1, 0.15) is 5.82 Å². The second-order valence-corrected chi connectivity index (χ2v) is 7.01. The van der Waals surface area contributed by atoms with Crippen LogP contribution in [0, 0.1) is 6.92 Å². The van der Waals surface area contributed by atoms with E-state index in [1.807, 2.05) is 18.3 Å². The molecule has 0 fully saturated rings. The fourth-order valence-electron chi connectivity index (χ4n) is 3.17. The first-order chi connectivity index (χ1) is 13.1. The minimum Gasteiger partial charge on any atom is -0.350 e. The van der Waals surface area contributed by atoms with Crippen molar-refractivity contribution in [1.82, 2.24) is 9.97 Å². The zero-order chi connectivity index (χ0) is 19.2. The molecule has 0 radical (unpaired) electrons. The molecule has 0 saturated heterocycles. The van der Waals surface area contributed by atoms with E-state index in [2.05, 4.69) is 91.0 Å². The van der Waals surface area contributed by atoms with E-state index in [9.17, 15) is 0 Å². The van der Waals surface area contributed by atoms with E-state index in [0.29, 0.717) is 6.04 Å². The third kappa shape index (κ3) is 4.64. The maximum Gasteiger partial charge on any atom is 0.231 e. The Morgan fingerprint density at radius 1 is 0.963 bits per heavy atom. The predicted molar refractivity (Wildman–Crippen MR) is 114 cm³/mol. The summed E-state index contributed by atoms with van der Waals surface area (Å²) >= 11 is 0. The van der Waals surface area contributed by atoms with Gasteiger partial charge in [-0.1, -0.05) is 42.5 Å². The molecule has 0 aliphatic rings. The van der Waals surface area contributed by atoms with Gasteiger partial charge in [0.25, 0.3) is 0 Å². The summed E-state index contributed by atoms with van der Waals surface area (Å²) in [6.07, 6.45) is 1.86. The molecule has 3 aromatic rings. The first kappa shape index (κ1) is 18.9. The Balaban J connectivity index is 1.92. The normalized spacial score (nSPS) is 10.9. The minimum atomic E-state index is 0.335. The van der Waals surface area contributed by atoms with Crippen LogP contribution in [0.15, 0.2) is 66.9 Å². The molecule has 0 bridgehead atoms. The van der Waals surface area contributed by atoms with E-state index >= 15 is 0 Å². The van der Waals surface area contributed by atoms with Crippen LogP contribution in [0.1, 0.15) is 31.9 Å². The molecule has 1 heterocycles. The summed E-state index contributed by atoms with van der Waals surface area (Å²) in [4.78, 5) is 13.9. The fraction of sp³-hybridized carbons (Fsp3) is 0.304. The third-order valence-electron chi connectivity index (χ3n) is 4.61. The van der Waals surface area contributed by atoms with Crippen molar-refractivity contribution in [2.45, 2.75) is 40.3 Å². The maximum atomic E-state index is 4.91. The zero-order valence-electron chi connectivity index (χ0n) is 16.6. The van der Waals surface area contributed by atoms with Crippen molar-refractivity contribution >= 4 is 17.5 Å². The fourth-order valence-corrected chi connectivity index (χ4v) is 3.17. The Labute approximate surface area is 162 Å². The van der Waals surface area contributed by atoms with E-state index in [-0.39, 0.29) is 0 Å². The van der Waals surface area contributed by atoms with Crippen LogP contribution >= 0.6 is 0 Å². The van der Waals surface area contributed by atoms with Gasteiger partial charge in [-0.15, -0.1) is 0 Å². The van der Waals surface area contributed by atoms with E-state index in [0.717, 1.165) is 30.5 Å². The van der Waals surface area contributed by atoms with Crippen molar-refractivity contribution < 1.29 is 0 Å². The highest BCUT2D eigenvalue weighted by atomic mass is 15.3. The summed E-state index contributed by atoms with van der Waals surface area (Å²) in [6, 6.07) is 21.3. The van der Waals surface area contributed by atoms with E-state index in [1.165, 1.54) is 11.1 Å². The molecule has 4 heteroatoms. The largest absolute Gasteiger partial charge is 0.350 e. The molecule has 2 aromatic carbocycles. The predicted octanol–water partition coefficient (Wildman–Crippen LogP) is 5.36. The lowest BCUT2D eigenvalue weighted by Crippen LogP contribution is -2.31. The van der Waals surface area contributed by atoms with Crippen molar-refractivity contribution in [3.63, 3.8) is 0 Å². The number of hydrogen-bond donors (Lipinski definition) is 0. The lowest BCUT2D eigenvalue weighted by Gasteiger charge is -2.29. The molecule has 0 amide bonds. The lowest BCUT2D eigenvalue weighted by molar-refractivity contribution is 0.670. The van der Waals surface area contributed by atoms with Gasteiger partial charge in [-0.2, -0.15) is 4.98 Å². The average molecular weight is 361 g/mol. The summed E-state index contributed by atoms with van der Waals surface area (Å²) in [7, 11) is 0. The standard InChI is InChI=1S/C23H28N4/c1-5-26(21-13-9-10-19(4)16-21)23-24-15-14-22(25-23)27(18(2)3)17-20-11-7-6-8-12-20/h6-16,18H,5,17H2,1-4H3. The Kier molecular flexibility index (Phi) is 6.07. The third-order valence-corrected chi connectivity index (χ3v) is 4.61. The van der Waals surface area contributed by atoms with Gasteiger partial charge in [0.05, 0.1) is 0 Å². The smallest absolute Gasteiger partial charge is 0.231 e. The van der Waals surface area contributed by atoms with Gasteiger partial charge in [-0.3, -0.25) is 0 Å². The molecule has 0 aliphatic carbocycles. The number of nitrogens with zero attached hydrogens (tertiary/aromatic N) is 4. The molecule has 0 atom stereocenters. The van der Waals surface area contributed by atoms with Gasteiger partial charge in [0.15, 0.2) is 0 Å². The van der Waals surface area contributed by atoms with Gasteiger partial charge in [-0.25, -0.2) is 4.98 Å². The summed E-state index contributed by atoms with van der Waals surface area (Å²) < 4.78 is 0. The van der Waals surface area contributed by atoms with Crippen LogP contribution in [-0.2, 0) is 6.54 Å². The summed E-state index contributed by atoms with van der Waals surface area (Å²) in [5, 5.41) is 0. The lowest BCUT2D eigenvalue weighted by atomic mass is 10.2. The first-order valence-corrected chi connectivity index (χ1v) is 9.56. The van der Waals surface area contributed by atoms with Crippen molar-refractivity contribution in [2.24, 2.45) is 0 Å². The monoisotopic (exact) mass is 360 g/mol. The molecule has 0 saturated carbocycles. The van der Waals surface area contributed by atoms with Gasteiger partial charge in [-0.05, 0) is 57.0 Å². The van der Waals surface area contributed by atoms with E-state index in [4.69, 9.17) is 4.98 Å². The second kappa shape index (κ2) is 8.67. The highest BCUT2D eigenvalue weighted by Crippen LogP contribution is 2.25. The van der Waals surface area contributed by atoms with E-state index in [1.54, 1.807) is 0 Å². The summed E-state index contributed by atoms with van der Waals surface area (Å²) in [5.74, 6) is 1.68. The number of aromatic nitrogens is 2. The molecule has 0 spiro atoms. The van der Waals surface area contributed by atoms with Gasteiger partial charge >= 0.3 is 0 Å². The second-order valence-electron chi connectivity index (χ2n) is 7.01. The molecule has 4 nitrogen and oxygen atoms in total. The highest BCUT2D eigenvalue weighted by molar-refractivity contribution is 5.59. The number of rotatable bonds is 7. The van der Waals surface area contributed by atoms with Gasteiger partial charge < -0.3 is 9.80 Å². The van der Waals surface area contributed by atoms with Gasteiger partial charge in [0, 0.05) is 31.0 Å². The molecular weight excluding hydrogens is 332 g/mol. The Morgan fingerprint density at radius 3 is 2.41 bits per heavy atom. The number of aryl methyl sites for hydroxylation is 1.